The van der Waals surface area contributed by atoms with Gasteiger partial charge in [0.15, 0.2) is 0 Å². The van der Waals surface area contributed by atoms with Crippen LogP contribution in [-0.2, 0) is 9.53 Å². The van der Waals surface area contributed by atoms with Gasteiger partial charge in [0.05, 0.1) is 18.0 Å². The van der Waals surface area contributed by atoms with E-state index >= 15 is 0 Å². The normalized spacial score (nSPS) is 12.2. The molecule has 4 nitrogen and oxygen atoms in total. The zero-order valence-electron chi connectivity index (χ0n) is 10.4. The topological polar surface area (TPSA) is 55.6 Å². The molecule has 1 unspecified atom stereocenters. The first-order valence-electron chi connectivity index (χ1n) is 5.60. The maximum absolute atomic E-state index is 11.6. The van der Waals surface area contributed by atoms with Gasteiger partial charge in [-0.05, 0) is 6.42 Å². The predicted molar refractivity (Wildman–Crippen MR) is 69.3 cm³/mol. The van der Waals surface area contributed by atoms with Crippen molar-refractivity contribution in [2.24, 2.45) is 11.7 Å². The number of carbonyl (C=O) groups is 1. The van der Waals surface area contributed by atoms with Crippen LogP contribution in [-0.4, -0.2) is 42.6 Å². The average Bonchev–Trinajstić information content (AvgIpc) is 2.23. The van der Waals surface area contributed by atoms with Gasteiger partial charge in [-0.1, -0.05) is 26.1 Å². The van der Waals surface area contributed by atoms with Crippen LogP contribution in [0.5, 0.6) is 0 Å². The zero-order chi connectivity index (χ0) is 12.6. The SMILES string of the molecule is CCCOCCC(=O)N(C)CC(C)C(N)=S. The molecule has 1 atom stereocenters. The molecular formula is C11H22N2O2S. The number of rotatable bonds is 8. The Bertz CT molecular complexity index is 234. The second-order valence-corrected chi connectivity index (χ2v) is 4.41. The summed E-state index contributed by atoms with van der Waals surface area (Å²) in [6.07, 6.45) is 1.39. The van der Waals surface area contributed by atoms with Gasteiger partial charge in [0, 0.05) is 26.1 Å². The van der Waals surface area contributed by atoms with Gasteiger partial charge in [0.1, 0.15) is 0 Å². The lowest BCUT2D eigenvalue weighted by molar-refractivity contribution is -0.131. The Hall–Kier alpha value is -0.680. The second kappa shape index (κ2) is 8.47. The summed E-state index contributed by atoms with van der Waals surface area (Å²) >= 11 is 4.86. The second-order valence-electron chi connectivity index (χ2n) is 3.94. The Morgan fingerprint density at radius 2 is 2.12 bits per heavy atom. The van der Waals surface area contributed by atoms with Crippen molar-refractivity contribution >= 4 is 23.1 Å². The van der Waals surface area contributed by atoms with Crippen LogP contribution in [0.15, 0.2) is 0 Å². The molecule has 0 spiro atoms. The van der Waals surface area contributed by atoms with Gasteiger partial charge in [-0.3, -0.25) is 4.79 Å². The Morgan fingerprint density at radius 3 is 2.62 bits per heavy atom. The van der Waals surface area contributed by atoms with Crippen molar-refractivity contribution in [3.63, 3.8) is 0 Å². The van der Waals surface area contributed by atoms with Crippen LogP contribution < -0.4 is 5.73 Å². The highest BCUT2D eigenvalue weighted by Gasteiger charge is 2.13. The first kappa shape index (κ1) is 15.3. The van der Waals surface area contributed by atoms with Crippen molar-refractivity contribution in [2.45, 2.75) is 26.7 Å². The smallest absolute Gasteiger partial charge is 0.224 e. The Labute approximate surface area is 103 Å². The molecule has 0 aromatic heterocycles. The highest BCUT2D eigenvalue weighted by Crippen LogP contribution is 2.01. The molecule has 0 aliphatic heterocycles. The molecule has 94 valence electrons. The summed E-state index contributed by atoms with van der Waals surface area (Å²) in [6.45, 7) is 5.72. The largest absolute Gasteiger partial charge is 0.393 e. The first-order valence-corrected chi connectivity index (χ1v) is 6.00. The van der Waals surface area contributed by atoms with E-state index in [9.17, 15) is 4.79 Å². The van der Waals surface area contributed by atoms with Crippen LogP contribution in [0.3, 0.4) is 0 Å². The van der Waals surface area contributed by atoms with Gasteiger partial charge in [0.2, 0.25) is 5.91 Å². The van der Waals surface area contributed by atoms with E-state index in [4.69, 9.17) is 22.7 Å². The van der Waals surface area contributed by atoms with E-state index in [-0.39, 0.29) is 11.8 Å². The molecule has 0 aromatic rings. The Kier molecular flexibility index (Phi) is 8.11. The summed E-state index contributed by atoms with van der Waals surface area (Å²) in [5.41, 5.74) is 5.49. The van der Waals surface area contributed by atoms with Crippen molar-refractivity contribution in [1.82, 2.24) is 4.90 Å². The molecular weight excluding hydrogens is 224 g/mol. The standard InChI is InChI=1S/C11H22N2O2S/c1-4-6-15-7-5-10(14)13(3)8-9(2)11(12)16/h9H,4-8H2,1-3H3,(H2,12,16). The molecule has 1 amide bonds. The van der Waals surface area contributed by atoms with E-state index in [0.29, 0.717) is 31.2 Å². The number of hydrogen-bond acceptors (Lipinski definition) is 3. The maximum atomic E-state index is 11.6. The van der Waals surface area contributed by atoms with Gasteiger partial charge in [-0.2, -0.15) is 0 Å². The lowest BCUT2D eigenvalue weighted by Crippen LogP contribution is -2.35. The minimum absolute atomic E-state index is 0.0560. The fourth-order valence-corrected chi connectivity index (χ4v) is 1.27. The summed E-state index contributed by atoms with van der Waals surface area (Å²) in [5.74, 6) is 0.125. The van der Waals surface area contributed by atoms with Crippen molar-refractivity contribution < 1.29 is 9.53 Å². The quantitative estimate of drug-likeness (QED) is 0.516. The molecule has 0 saturated carbocycles. The van der Waals surface area contributed by atoms with E-state index in [2.05, 4.69) is 0 Å². The van der Waals surface area contributed by atoms with E-state index < -0.39 is 0 Å². The van der Waals surface area contributed by atoms with Crippen LogP contribution in [0.25, 0.3) is 0 Å². The van der Waals surface area contributed by atoms with E-state index in [0.717, 1.165) is 6.42 Å². The molecule has 0 aromatic carbocycles. The van der Waals surface area contributed by atoms with Crippen molar-refractivity contribution in [1.29, 1.82) is 0 Å². The highest BCUT2D eigenvalue weighted by molar-refractivity contribution is 7.80. The molecule has 0 saturated heterocycles. The van der Waals surface area contributed by atoms with Crippen LogP contribution in [0.4, 0.5) is 0 Å². The molecule has 0 rings (SSSR count). The third-order valence-corrected chi connectivity index (χ3v) is 2.67. The molecule has 2 N–H and O–H groups in total. The number of hydrogen-bond donors (Lipinski definition) is 1. The van der Waals surface area contributed by atoms with Crippen molar-refractivity contribution in [3.8, 4) is 0 Å². The number of nitrogens with zero attached hydrogens (tertiary/aromatic N) is 1. The van der Waals surface area contributed by atoms with Gasteiger partial charge in [-0.25, -0.2) is 0 Å². The van der Waals surface area contributed by atoms with Gasteiger partial charge < -0.3 is 15.4 Å². The molecule has 0 heterocycles. The average molecular weight is 246 g/mol. The lowest BCUT2D eigenvalue weighted by Gasteiger charge is -2.20. The van der Waals surface area contributed by atoms with Crippen molar-refractivity contribution in [2.75, 3.05) is 26.8 Å². The molecule has 16 heavy (non-hydrogen) atoms. The van der Waals surface area contributed by atoms with Crippen LogP contribution in [0.1, 0.15) is 26.7 Å². The van der Waals surface area contributed by atoms with E-state index in [1.54, 1.807) is 11.9 Å². The van der Waals surface area contributed by atoms with Crippen LogP contribution in [0, 0.1) is 5.92 Å². The fraction of sp³-hybridized carbons (Fsp3) is 0.818. The van der Waals surface area contributed by atoms with E-state index in [1.807, 2.05) is 13.8 Å². The van der Waals surface area contributed by atoms with Crippen molar-refractivity contribution in [3.05, 3.63) is 0 Å². The number of carbonyl (C=O) groups excluding carboxylic acids is 1. The number of ether oxygens (including phenoxy) is 1. The zero-order valence-corrected chi connectivity index (χ0v) is 11.2. The Balaban J connectivity index is 3.77. The fourth-order valence-electron chi connectivity index (χ4n) is 1.20. The predicted octanol–water partition coefficient (Wildman–Crippen LogP) is 1.18. The van der Waals surface area contributed by atoms with Crippen LogP contribution >= 0.6 is 12.2 Å². The third-order valence-electron chi connectivity index (χ3n) is 2.27. The van der Waals surface area contributed by atoms with Gasteiger partial charge in [0.25, 0.3) is 0 Å². The van der Waals surface area contributed by atoms with Crippen LogP contribution in [0.2, 0.25) is 0 Å². The Morgan fingerprint density at radius 1 is 1.50 bits per heavy atom. The maximum Gasteiger partial charge on any atom is 0.224 e. The number of amides is 1. The third kappa shape index (κ3) is 6.74. The summed E-state index contributed by atoms with van der Waals surface area (Å²) in [7, 11) is 1.76. The molecule has 0 radical (unpaired) electrons. The highest BCUT2D eigenvalue weighted by atomic mass is 32.1. The van der Waals surface area contributed by atoms with Gasteiger partial charge >= 0.3 is 0 Å². The van der Waals surface area contributed by atoms with Gasteiger partial charge in [-0.15, -0.1) is 0 Å². The number of thiocarbonyl (C=S) groups is 1. The van der Waals surface area contributed by atoms with E-state index in [1.165, 1.54) is 0 Å². The summed E-state index contributed by atoms with van der Waals surface area (Å²) < 4.78 is 5.26. The minimum atomic E-state index is 0.0560. The first-order chi connectivity index (χ1) is 7.49. The molecule has 0 fully saturated rings. The minimum Gasteiger partial charge on any atom is -0.393 e. The summed E-state index contributed by atoms with van der Waals surface area (Å²) in [5, 5.41) is 0. The number of nitrogens with two attached hydrogens (primary N) is 1. The lowest BCUT2D eigenvalue weighted by atomic mass is 10.1. The summed E-state index contributed by atoms with van der Waals surface area (Å²) in [4.78, 5) is 13.7. The monoisotopic (exact) mass is 246 g/mol. The molecule has 0 aliphatic rings. The molecule has 0 aliphatic carbocycles. The molecule has 0 bridgehead atoms. The summed E-state index contributed by atoms with van der Waals surface area (Å²) in [6, 6.07) is 0. The molecule has 5 heteroatoms.